The van der Waals surface area contributed by atoms with Gasteiger partial charge in [-0.2, -0.15) is 0 Å². The van der Waals surface area contributed by atoms with Crippen molar-refractivity contribution in [3.63, 3.8) is 0 Å². The Morgan fingerprint density at radius 3 is 2.50 bits per heavy atom. The van der Waals surface area contributed by atoms with Crippen molar-refractivity contribution in [2.24, 2.45) is 5.41 Å². The number of nitrogens with zero attached hydrogens (tertiary/aromatic N) is 4. The van der Waals surface area contributed by atoms with E-state index in [1.807, 2.05) is 28.0 Å². The first-order chi connectivity index (χ1) is 21.9. The number of H-pyrrole nitrogens is 1. The summed E-state index contributed by atoms with van der Waals surface area (Å²) in [6.45, 7) is 12.4. The Kier molecular flexibility index (Phi) is 9.36. The Bertz CT molecular complexity index is 1650. The fraction of sp³-hybridized carbons (Fsp3) is 0.600. The van der Waals surface area contributed by atoms with Gasteiger partial charge in [0.15, 0.2) is 5.65 Å². The third-order valence-electron chi connectivity index (χ3n) is 9.88. The number of rotatable bonds is 7. The smallest absolute Gasteiger partial charge is 0.327 e. The molecule has 0 bridgehead atoms. The van der Waals surface area contributed by atoms with Crippen LogP contribution in [0.25, 0.3) is 11.2 Å². The normalized spacial score (nSPS) is 26.3. The number of carbonyl (C=O) groups is 2. The van der Waals surface area contributed by atoms with E-state index in [0.29, 0.717) is 38.1 Å². The Hall–Kier alpha value is -3.18. The largest absolute Gasteiger partial charge is 0.342 e. The number of hydrogen-bond acceptors (Lipinski definition) is 6. The highest BCUT2D eigenvalue weighted by molar-refractivity contribution is 8.01. The van der Waals surface area contributed by atoms with Gasteiger partial charge in [0, 0.05) is 54.7 Å². The zero-order valence-electron chi connectivity index (χ0n) is 27.6. The predicted octanol–water partition coefficient (Wildman–Crippen LogP) is 6.48. The number of likely N-dealkylation sites (tertiary alicyclic amines) is 1. The predicted molar refractivity (Wildman–Crippen MR) is 187 cm³/mol. The van der Waals surface area contributed by atoms with Gasteiger partial charge in [-0.05, 0) is 86.6 Å². The summed E-state index contributed by atoms with van der Waals surface area (Å²) in [7, 11) is 0. The Labute approximate surface area is 279 Å². The lowest BCUT2D eigenvalue weighted by Crippen LogP contribution is -2.42. The first kappa shape index (κ1) is 32.7. The molecule has 0 radical (unpaired) electrons. The molecule has 6 rings (SSSR count). The molecule has 3 saturated heterocycles. The Morgan fingerprint density at radius 2 is 1.80 bits per heavy atom. The van der Waals surface area contributed by atoms with Crippen molar-refractivity contribution in [1.82, 2.24) is 29.7 Å². The van der Waals surface area contributed by atoms with E-state index in [1.54, 1.807) is 22.9 Å². The van der Waals surface area contributed by atoms with Gasteiger partial charge in [0.2, 0.25) is 11.8 Å². The second-order valence-electron chi connectivity index (χ2n) is 14.7. The molecule has 2 amide bonds. The molecule has 2 aromatic heterocycles. The van der Waals surface area contributed by atoms with E-state index in [1.165, 1.54) is 11.8 Å². The summed E-state index contributed by atoms with van der Waals surface area (Å²) in [6.07, 6.45) is 5.55. The number of fused-ring (bicyclic) bond motifs is 1. The van der Waals surface area contributed by atoms with Crippen LogP contribution in [0.5, 0.6) is 0 Å². The number of carbonyl (C=O) groups excluding carboxylic acids is 2. The molecule has 0 aliphatic carbocycles. The van der Waals surface area contributed by atoms with Crippen molar-refractivity contribution in [3.8, 4) is 0 Å². The molecule has 254 valence electrons. The van der Waals surface area contributed by atoms with E-state index in [4.69, 9.17) is 0 Å². The number of hydrogen-bond donors (Lipinski definition) is 2. The second-order valence-corrected chi connectivity index (χ2v) is 16.0. The summed E-state index contributed by atoms with van der Waals surface area (Å²) >= 11 is 1.50. The molecule has 46 heavy (non-hydrogen) atoms. The van der Waals surface area contributed by atoms with Crippen LogP contribution in [0.2, 0.25) is 0 Å². The molecule has 3 aliphatic heterocycles. The van der Waals surface area contributed by atoms with Gasteiger partial charge in [-0.15, -0.1) is 11.8 Å². The highest BCUT2D eigenvalue weighted by Crippen LogP contribution is 2.49. The number of nitrogens with one attached hydrogen (secondary N) is 2. The van der Waals surface area contributed by atoms with Crippen LogP contribution in [-0.4, -0.2) is 73.1 Å². The standard InChI is InChI=1S/C35H47FN6O3S.3H2/c1-21-18-23(19-22(2)38-21)30-25(8-6-9-26(30)36)33-41(17-13-35(3,4)5)32(44)28(46-33)20-29(43)40-15-11-24(12-16-40)42-27-10-7-14-37-31(27)39-34(42)45;;;/h6-10,14,21-24,28,33,38H,11-13,15-20H2,1-5H3,(H,37,39,45);3*1H/t21-,22+,23?,28-,33-;;;/m0.../s1. The van der Waals surface area contributed by atoms with Crippen LogP contribution >= 0.6 is 11.8 Å². The molecule has 9 nitrogen and oxygen atoms in total. The monoisotopic (exact) mass is 656 g/mol. The number of aromatic amines is 1. The van der Waals surface area contributed by atoms with Crippen molar-refractivity contribution < 1.29 is 18.3 Å². The van der Waals surface area contributed by atoms with Gasteiger partial charge >= 0.3 is 5.69 Å². The molecule has 1 aromatic carbocycles. The fourth-order valence-corrected chi connectivity index (χ4v) is 9.15. The van der Waals surface area contributed by atoms with Crippen LogP contribution in [0, 0.1) is 11.2 Å². The van der Waals surface area contributed by atoms with Gasteiger partial charge in [0.05, 0.1) is 10.8 Å². The number of amides is 2. The van der Waals surface area contributed by atoms with Crippen molar-refractivity contribution in [3.05, 3.63) is 64.0 Å². The summed E-state index contributed by atoms with van der Waals surface area (Å²) in [5, 5.41) is 2.70. The van der Waals surface area contributed by atoms with Gasteiger partial charge in [0.1, 0.15) is 11.2 Å². The minimum absolute atomic E-state index is 0. The van der Waals surface area contributed by atoms with Gasteiger partial charge in [-0.25, -0.2) is 14.2 Å². The highest BCUT2D eigenvalue weighted by Gasteiger charge is 2.44. The molecular weight excluding hydrogens is 603 g/mol. The van der Waals surface area contributed by atoms with E-state index in [9.17, 15) is 14.4 Å². The van der Waals surface area contributed by atoms with E-state index in [2.05, 4.69) is 49.9 Å². The third-order valence-corrected chi connectivity index (χ3v) is 11.3. The van der Waals surface area contributed by atoms with E-state index in [0.717, 1.165) is 35.9 Å². The Balaban J connectivity index is 0.00000217. The molecular formula is C35H53FN6O3S. The summed E-state index contributed by atoms with van der Waals surface area (Å²) in [6, 6.07) is 9.52. The summed E-state index contributed by atoms with van der Waals surface area (Å²) in [5.74, 6) is -0.234. The number of piperidine rings is 2. The quantitative estimate of drug-likeness (QED) is 0.302. The van der Waals surface area contributed by atoms with E-state index >= 15 is 4.39 Å². The van der Waals surface area contributed by atoms with Crippen molar-refractivity contribution in [2.45, 2.75) is 108 Å². The lowest BCUT2D eigenvalue weighted by Gasteiger charge is -2.36. The molecule has 3 aromatic rings. The van der Waals surface area contributed by atoms with Crippen LogP contribution in [0.3, 0.4) is 0 Å². The molecule has 0 saturated carbocycles. The number of halogens is 1. The number of aromatic nitrogens is 3. The van der Waals surface area contributed by atoms with Crippen molar-refractivity contribution in [1.29, 1.82) is 0 Å². The molecule has 2 N–H and O–H groups in total. The van der Waals surface area contributed by atoms with Crippen molar-refractivity contribution in [2.75, 3.05) is 19.6 Å². The SMILES string of the molecule is C[C@@H]1CC(c2c(F)cccc2[C@@H]2S[C@@H](CC(=O)N3CCC(n4c(=O)[nH]c5ncccc54)CC3)C(=O)N2CCC(C)(C)C)C[C@H](C)N1.[HH].[HH].[HH]. The number of thioether (sulfide) groups is 1. The maximum atomic E-state index is 15.7. The molecule has 11 heteroatoms. The second kappa shape index (κ2) is 13.1. The van der Waals surface area contributed by atoms with Crippen LogP contribution in [0.4, 0.5) is 4.39 Å². The third kappa shape index (κ3) is 6.76. The van der Waals surface area contributed by atoms with Crippen LogP contribution in [0.1, 0.15) is 106 Å². The van der Waals surface area contributed by atoms with Crippen LogP contribution in [-0.2, 0) is 9.59 Å². The van der Waals surface area contributed by atoms with E-state index in [-0.39, 0.29) is 68.9 Å². The number of benzene rings is 1. The number of imidazole rings is 1. The zero-order valence-corrected chi connectivity index (χ0v) is 28.4. The molecule has 5 atom stereocenters. The maximum absolute atomic E-state index is 15.7. The number of pyridine rings is 1. The lowest BCUT2D eigenvalue weighted by molar-refractivity contribution is -0.136. The Morgan fingerprint density at radius 1 is 1.09 bits per heavy atom. The average molecular weight is 657 g/mol. The van der Waals surface area contributed by atoms with Crippen LogP contribution in [0.15, 0.2) is 41.3 Å². The van der Waals surface area contributed by atoms with Gasteiger partial charge < -0.3 is 15.1 Å². The first-order valence-electron chi connectivity index (χ1n) is 16.7. The first-order valence-corrected chi connectivity index (χ1v) is 17.7. The molecule has 3 fully saturated rings. The van der Waals surface area contributed by atoms with Crippen molar-refractivity contribution >= 4 is 34.7 Å². The highest BCUT2D eigenvalue weighted by atomic mass is 32.2. The molecule has 5 heterocycles. The lowest BCUT2D eigenvalue weighted by atomic mass is 9.81. The van der Waals surface area contributed by atoms with Gasteiger partial charge in [-0.3, -0.25) is 19.1 Å². The summed E-state index contributed by atoms with van der Waals surface area (Å²) < 4.78 is 17.5. The molecule has 3 aliphatic rings. The van der Waals surface area contributed by atoms with Crippen LogP contribution < -0.4 is 11.0 Å². The fourth-order valence-electron chi connectivity index (χ4n) is 7.64. The molecule has 0 spiro atoms. The minimum Gasteiger partial charge on any atom is -0.342 e. The maximum Gasteiger partial charge on any atom is 0.327 e. The minimum atomic E-state index is -0.528. The summed E-state index contributed by atoms with van der Waals surface area (Å²) in [5.41, 5.74) is 2.77. The van der Waals surface area contributed by atoms with E-state index < -0.39 is 5.25 Å². The topological polar surface area (TPSA) is 103 Å². The average Bonchev–Trinajstić information content (AvgIpc) is 3.50. The molecule has 1 unspecified atom stereocenters. The van der Waals surface area contributed by atoms with Gasteiger partial charge in [0.25, 0.3) is 0 Å². The zero-order chi connectivity index (χ0) is 32.7. The summed E-state index contributed by atoms with van der Waals surface area (Å²) in [4.78, 5) is 51.3. The van der Waals surface area contributed by atoms with Gasteiger partial charge in [-0.1, -0.05) is 32.9 Å².